The lowest BCUT2D eigenvalue weighted by Gasteiger charge is -2.32. The molecular weight excluding hydrogens is 318 g/mol. The van der Waals surface area contributed by atoms with Crippen LogP contribution in [0.2, 0.25) is 0 Å². The summed E-state index contributed by atoms with van der Waals surface area (Å²) in [5.41, 5.74) is 0.913. The highest BCUT2D eigenvalue weighted by Gasteiger charge is 2.28. The fourth-order valence-corrected chi connectivity index (χ4v) is 2.91. The van der Waals surface area contributed by atoms with E-state index >= 15 is 0 Å². The molecule has 1 aliphatic rings. The molecule has 0 bridgehead atoms. The van der Waals surface area contributed by atoms with Crippen molar-refractivity contribution in [2.75, 3.05) is 13.1 Å². The minimum Gasteiger partial charge on any atom is -0.480 e. The maximum absolute atomic E-state index is 11.3. The number of nitrogens with zero attached hydrogens (tertiary/aromatic N) is 5. The number of hydrogen-bond donors (Lipinski definition) is 1. The molecule has 3 rings (SSSR count). The van der Waals surface area contributed by atoms with Crippen LogP contribution < -0.4 is 0 Å². The molecule has 1 saturated heterocycles. The van der Waals surface area contributed by atoms with E-state index in [9.17, 15) is 9.90 Å². The van der Waals surface area contributed by atoms with Gasteiger partial charge < -0.3 is 5.11 Å². The van der Waals surface area contributed by atoms with E-state index in [0.717, 1.165) is 37.3 Å². The number of carbonyl (C=O) groups is 1. The second-order valence-electron chi connectivity index (χ2n) is 5.48. The lowest BCUT2D eigenvalue weighted by atomic mass is 10.0. The zero-order valence-corrected chi connectivity index (χ0v) is 13.5. The van der Waals surface area contributed by atoms with Crippen molar-refractivity contribution in [3.63, 3.8) is 0 Å². The highest BCUT2D eigenvalue weighted by atomic mass is 35.5. The second-order valence-corrected chi connectivity index (χ2v) is 5.48. The monoisotopic (exact) mass is 337 g/mol. The fourth-order valence-electron chi connectivity index (χ4n) is 2.91. The Bertz CT molecular complexity index is 634. The number of halogens is 1. The number of carboxylic acid groups (broad SMARTS) is 1. The van der Waals surface area contributed by atoms with Crippen LogP contribution in [0.5, 0.6) is 0 Å². The molecule has 1 N–H and O–H groups in total. The minimum atomic E-state index is -0.734. The van der Waals surface area contributed by atoms with Crippen LogP contribution in [0, 0.1) is 0 Å². The predicted molar refractivity (Wildman–Crippen MR) is 87.0 cm³/mol. The molecular formula is C15H20ClN5O2. The predicted octanol–water partition coefficient (Wildman–Crippen LogP) is 1.57. The molecule has 1 atom stereocenters. The zero-order chi connectivity index (χ0) is 15.4. The van der Waals surface area contributed by atoms with Gasteiger partial charge in [0.2, 0.25) is 0 Å². The van der Waals surface area contributed by atoms with E-state index in [4.69, 9.17) is 0 Å². The topological polar surface area (TPSA) is 84.1 Å². The molecule has 1 fully saturated rings. The van der Waals surface area contributed by atoms with Crippen molar-refractivity contribution in [1.29, 1.82) is 0 Å². The summed E-state index contributed by atoms with van der Waals surface area (Å²) in [7, 11) is 0. The van der Waals surface area contributed by atoms with E-state index in [1.54, 1.807) is 4.68 Å². The number of benzene rings is 1. The molecule has 1 aromatic heterocycles. The summed E-state index contributed by atoms with van der Waals surface area (Å²) < 4.78 is 1.71. The Kier molecular flexibility index (Phi) is 6.06. The zero-order valence-electron chi connectivity index (χ0n) is 12.7. The van der Waals surface area contributed by atoms with Crippen LogP contribution in [0.15, 0.2) is 30.3 Å². The summed E-state index contributed by atoms with van der Waals surface area (Å²) in [6, 6.07) is 9.33. The van der Waals surface area contributed by atoms with E-state index < -0.39 is 5.97 Å². The van der Waals surface area contributed by atoms with Crippen LogP contribution in [0.4, 0.5) is 0 Å². The molecule has 0 saturated carbocycles. The first-order chi connectivity index (χ1) is 10.8. The van der Waals surface area contributed by atoms with E-state index in [0.29, 0.717) is 13.0 Å². The van der Waals surface area contributed by atoms with Gasteiger partial charge >= 0.3 is 5.97 Å². The molecule has 23 heavy (non-hydrogen) atoms. The van der Waals surface area contributed by atoms with Gasteiger partial charge in [0.25, 0.3) is 0 Å². The molecule has 2 heterocycles. The Balaban J connectivity index is 0.00000192. The minimum absolute atomic E-state index is 0. The Hall–Kier alpha value is -1.99. The van der Waals surface area contributed by atoms with Crippen LogP contribution >= 0.6 is 12.4 Å². The van der Waals surface area contributed by atoms with E-state index in [1.807, 2.05) is 35.2 Å². The van der Waals surface area contributed by atoms with Crippen LogP contribution in [-0.4, -0.2) is 55.3 Å². The van der Waals surface area contributed by atoms with Crippen molar-refractivity contribution < 1.29 is 9.90 Å². The summed E-state index contributed by atoms with van der Waals surface area (Å²) in [6.07, 6.45) is 3.38. The Morgan fingerprint density at radius 2 is 2.04 bits per heavy atom. The number of hydrogen-bond acceptors (Lipinski definition) is 5. The molecule has 0 spiro atoms. The Labute approximate surface area is 140 Å². The van der Waals surface area contributed by atoms with Gasteiger partial charge in [-0.1, -0.05) is 24.6 Å². The molecule has 124 valence electrons. The number of carboxylic acids is 1. The van der Waals surface area contributed by atoms with Gasteiger partial charge in [-0.05, 0) is 41.9 Å². The standard InChI is InChI=1S/C15H19N5O2.ClH/c21-15(22)13-8-4-5-10-19(13)11-9-14-16-17-18-20(14)12-6-2-1-3-7-12;/h1-3,6-7,13H,4-5,8-11H2,(H,21,22);1H. The smallest absolute Gasteiger partial charge is 0.320 e. The van der Waals surface area contributed by atoms with E-state index in [-0.39, 0.29) is 18.4 Å². The van der Waals surface area contributed by atoms with Crippen molar-refractivity contribution in [3.05, 3.63) is 36.2 Å². The summed E-state index contributed by atoms with van der Waals surface area (Å²) in [4.78, 5) is 13.4. The molecule has 0 radical (unpaired) electrons. The largest absolute Gasteiger partial charge is 0.480 e. The lowest BCUT2D eigenvalue weighted by Crippen LogP contribution is -2.45. The molecule has 1 unspecified atom stereocenters. The summed E-state index contributed by atoms with van der Waals surface area (Å²) in [5, 5.41) is 21.2. The molecule has 0 amide bonds. The first kappa shape index (κ1) is 17.4. The highest BCUT2D eigenvalue weighted by Crippen LogP contribution is 2.18. The number of rotatable bonds is 5. The third-order valence-corrected chi connectivity index (χ3v) is 4.06. The highest BCUT2D eigenvalue weighted by molar-refractivity contribution is 5.85. The fraction of sp³-hybridized carbons (Fsp3) is 0.467. The van der Waals surface area contributed by atoms with Crippen molar-refractivity contribution >= 4 is 18.4 Å². The molecule has 2 aromatic rings. The van der Waals surface area contributed by atoms with Gasteiger partial charge in [0, 0.05) is 13.0 Å². The summed E-state index contributed by atoms with van der Waals surface area (Å²) in [6.45, 7) is 1.48. The third-order valence-electron chi connectivity index (χ3n) is 4.06. The quantitative estimate of drug-likeness (QED) is 0.891. The van der Waals surface area contributed by atoms with Gasteiger partial charge in [-0.25, -0.2) is 0 Å². The lowest BCUT2D eigenvalue weighted by molar-refractivity contribution is -0.144. The van der Waals surface area contributed by atoms with Gasteiger partial charge in [0.1, 0.15) is 6.04 Å². The van der Waals surface area contributed by atoms with E-state index in [2.05, 4.69) is 15.5 Å². The number of para-hydroxylation sites is 1. The maximum Gasteiger partial charge on any atom is 0.320 e. The molecule has 1 aromatic carbocycles. The second kappa shape index (κ2) is 8.03. The van der Waals surface area contributed by atoms with E-state index in [1.165, 1.54) is 0 Å². The van der Waals surface area contributed by atoms with Crippen LogP contribution in [0.25, 0.3) is 5.69 Å². The van der Waals surface area contributed by atoms with Crippen molar-refractivity contribution in [2.45, 2.75) is 31.7 Å². The SMILES string of the molecule is Cl.O=C(O)C1CCCCN1CCc1nnnn1-c1ccccc1. The number of likely N-dealkylation sites (tertiary alicyclic amines) is 1. The number of aromatic nitrogens is 4. The number of aliphatic carboxylic acids is 1. The number of tetrazole rings is 1. The molecule has 7 nitrogen and oxygen atoms in total. The van der Waals surface area contributed by atoms with Crippen molar-refractivity contribution in [2.24, 2.45) is 0 Å². The molecule has 0 aliphatic carbocycles. The van der Waals surface area contributed by atoms with Gasteiger partial charge in [-0.3, -0.25) is 9.69 Å². The van der Waals surface area contributed by atoms with Crippen LogP contribution in [-0.2, 0) is 11.2 Å². The van der Waals surface area contributed by atoms with Gasteiger partial charge in [-0.15, -0.1) is 17.5 Å². The third kappa shape index (κ3) is 4.05. The summed E-state index contributed by atoms with van der Waals surface area (Å²) in [5.74, 6) is 0.0169. The number of piperidine rings is 1. The van der Waals surface area contributed by atoms with Gasteiger partial charge in [-0.2, -0.15) is 4.68 Å². The normalized spacial score (nSPS) is 18.3. The van der Waals surface area contributed by atoms with Gasteiger partial charge in [0.15, 0.2) is 5.82 Å². The first-order valence-corrected chi connectivity index (χ1v) is 7.55. The molecule has 8 heteroatoms. The van der Waals surface area contributed by atoms with Crippen molar-refractivity contribution in [3.8, 4) is 5.69 Å². The van der Waals surface area contributed by atoms with Crippen LogP contribution in [0.3, 0.4) is 0 Å². The summed E-state index contributed by atoms with van der Waals surface area (Å²) >= 11 is 0. The maximum atomic E-state index is 11.3. The average Bonchev–Trinajstić information content (AvgIpc) is 3.02. The average molecular weight is 338 g/mol. The van der Waals surface area contributed by atoms with Crippen LogP contribution in [0.1, 0.15) is 25.1 Å². The Morgan fingerprint density at radius 3 is 2.78 bits per heavy atom. The molecule has 1 aliphatic heterocycles. The first-order valence-electron chi connectivity index (χ1n) is 7.55. The van der Waals surface area contributed by atoms with Gasteiger partial charge in [0.05, 0.1) is 5.69 Å². The van der Waals surface area contributed by atoms with Crippen molar-refractivity contribution in [1.82, 2.24) is 25.1 Å². The Morgan fingerprint density at radius 1 is 1.26 bits per heavy atom.